The number of benzene rings is 2. The molecule has 3 aromatic rings. The van der Waals surface area contributed by atoms with Gasteiger partial charge in [-0.2, -0.15) is 9.40 Å². The van der Waals surface area contributed by atoms with Crippen molar-refractivity contribution in [1.82, 2.24) is 14.1 Å². The maximum absolute atomic E-state index is 13.5. The minimum absolute atomic E-state index is 0.145. The van der Waals surface area contributed by atoms with E-state index in [1.807, 2.05) is 45.0 Å². The molecule has 1 fully saturated rings. The van der Waals surface area contributed by atoms with Gasteiger partial charge in [0.15, 0.2) is 0 Å². The number of carbonyl (C=O) groups excluding carboxylic acids is 1. The molecule has 33 heavy (non-hydrogen) atoms. The van der Waals surface area contributed by atoms with Crippen LogP contribution in [0.25, 0.3) is 0 Å². The third-order valence-electron chi connectivity index (χ3n) is 5.83. The van der Waals surface area contributed by atoms with Crippen molar-refractivity contribution in [3.05, 3.63) is 65.5 Å². The predicted molar refractivity (Wildman–Crippen MR) is 128 cm³/mol. The van der Waals surface area contributed by atoms with Crippen molar-refractivity contribution in [2.24, 2.45) is 0 Å². The molecule has 0 bridgehead atoms. The summed E-state index contributed by atoms with van der Waals surface area (Å²) in [6.07, 6.45) is 1.09. The fraction of sp³-hybridized carbons (Fsp3) is 0.333. The molecule has 174 valence electrons. The molecule has 0 radical (unpaired) electrons. The highest BCUT2D eigenvalue weighted by atomic mass is 32.2. The number of carbonyl (C=O) groups is 1. The van der Waals surface area contributed by atoms with E-state index in [0.717, 1.165) is 21.2 Å². The van der Waals surface area contributed by atoms with Gasteiger partial charge in [0.25, 0.3) is 5.91 Å². The summed E-state index contributed by atoms with van der Waals surface area (Å²) in [6, 6.07) is 13.6. The number of hydrogen-bond acceptors (Lipinski definition) is 6. The molecule has 7 nitrogen and oxygen atoms in total. The molecule has 0 amide bonds. The number of methoxy groups -OCH3 is 1. The average molecular weight is 486 g/mol. The van der Waals surface area contributed by atoms with Gasteiger partial charge in [-0.3, -0.25) is 4.79 Å². The van der Waals surface area contributed by atoms with Crippen LogP contribution >= 0.6 is 11.8 Å². The maximum Gasteiger partial charge on any atom is 0.265 e. The summed E-state index contributed by atoms with van der Waals surface area (Å²) in [5.74, 6) is 0.255. The summed E-state index contributed by atoms with van der Waals surface area (Å²) in [4.78, 5) is 15.6. The first-order valence-electron chi connectivity index (χ1n) is 10.7. The lowest BCUT2D eigenvalue weighted by molar-refractivity contribution is 0.0813. The van der Waals surface area contributed by atoms with Crippen LogP contribution in [0.3, 0.4) is 0 Å². The van der Waals surface area contributed by atoms with Crippen LogP contribution in [0.1, 0.15) is 34.6 Å². The Labute approximate surface area is 198 Å². The largest absolute Gasteiger partial charge is 0.497 e. The van der Waals surface area contributed by atoms with Gasteiger partial charge in [-0.25, -0.2) is 13.1 Å². The summed E-state index contributed by atoms with van der Waals surface area (Å²) < 4.78 is 34.4. The molecule has 1 atom stereocenters. The number of aryl methyl sites for hydroxylation is 2. The lowest BCUT2D eigenvalue weighted by Crippen LogP contribution is -2.43. The van der Waals surface area contributed by atoms with Crippen LogP contribution in [0.15, 0.2) is 63.2 Å². The summed E-state index contributed by atoms with van der Waals surface area (Å²) in [5.41, 5.74) is 2.64. The van der Waals surface area contributed by atoms with Gasteiger partial charge in [-0.1, -0.05) is 29.5 Å². The lowest BCUT2D eigenvalue weighted by Gasteiger charge is -2.23. The third kappa shape index (κ3) is 4.58. The predicted octanol–water partition coefficient (Wildman–Crippen LogP) is 4.46. The van der Waals surface area contributed by atoms with Crippen molar-refractivity contribution in [3.63, 3.8) is 0 Å². The highest BCUT2D eigenvalue weighted by Crippen LogP contribution is 2.34. The standard InChI is InChI=1S/C24H27N3O4S2/c1-16-7-11-20(12-8-16)32-23-17(2)25-27(18(23)3)24(28)22-6-5-15-26(22)33(29,30)21-13-9-19(31-4)10-14-21/h7-14,22H,5-6,15H2,1-4H3/t22-/m1/s1. The Morgan fingerprint density at radius 2 is 1.73 bits per heavy atom. The van der Waals surface area contributed by atoms with Crippen LogP contribution in [-0.4, -0.2) is 48.1 Å². The first-order valence-corrected chi connectivity index (χ1v) is 13.0. The smallest absolute Gasteiger partial charge is 0.265 e. The van der Waals surface area contributed by atoms with E-state index in [2.05, 4.69) is 5.10 Å². The minimum Gasteiger partial charge on any atom is -0.497 e. The van der Waals surface area contributed by atoms with E-state index >= 15 is 0 Å². The molecule has 2 heterocycles. The Bertz CT molecular complexity index is 1270. The second-order valence-electron chi connectivity index (χ2n) is 8.11. The fourth-order valence-corrected chi connectivity index (χ4v) is 6.60. The molecule has 0 N–H and O–H groups in total. The SMILES string of the molecule is COc1ccc(S(=O)(=O)N2CCC[C@@H]2C(=O)n2nc(C)c(Sc3ccc(C)cc3)c2C)cc1. The first-order chi connectivity index (χ1) is 15.7. The van der Waals surface area contributed by atoms with E-state index < -0.39 is 16.1 Å². The van der Waals surface area contributed by atoms with Gasteiger partial charge in [0.05, 0.1) is 28.3 Å². The molecule has 0 spiro atoms. The van der Waals surface area contributed by atoms with Crippen molar-refractivity contribution in [2.45, 2.75) is 54.3 Å². The van der Waals surface area contributed by atoms with Crippen LogP contribution in [0, 0.1) is 20.8 Å². The van der Waals surface area contributed by atoms with Crippen molar-refractivity contribution in [1.29, 1.82) is 0 Å². The first kappa shape index (κ1) is 23.5. The summed E-state index contributed by atoms with van der Waals surface area (Å²) in [7, 11) is -2.30. The normalized spacial score (nSPS) is 16.8. The molecule has 4 rings (SSSR count). The highest BCUT2D eigenvalue weighted by molar-refractivity contribution is 7.99. The second-order valence-corrected chi connectivity index (χ2v) is 11.1. The van der Waals surface area contributed by atoms with Crippen LogP contribution in [0.4, 0.5) is 0 Å². The summed E-state index contributed by atoms with van der Waals surface area (Å²) >= 11 is 1.56. The molecule has 2 aromatic carbocycles. The van der Waals surface area contributed by atoms with Crippen molar-refractivity contribution >= 4 is 27.7 Å². The van der Waals surface area contributed by atoms with Crippen LogP contribution in [-0.2, 0) is 10.0 Å². The number of nitrogens with zero attached hydrogens (tertiary/aromatic N) is 3. The van der Waals surface area contributed by atoms with Gasteiger partial charge in [-0.05, 0) is 70.0 Å². The molecule has 1 saturated heterocycles. The number of sulfonamides is 1. The molecule has 9 heteroatoms. The molecular weight excluding hydrogens is 458 g/mol. The van der Waals surface area contributed by atoms with Crippen LogP contribution in [0.2, 0.25) is 0 Å². The average Bonchev–Trinajstić information content (AvgIpc) is 3.41. The zero-order valence-corrected chi connectivity index (χ0v) is 20.7. The molecule has 0 unspecified atom stereocenters. The van der Waals surface area contributed by atoms with E-state index in [4.69, 9.17) is 4.74 Å². The number of aromatic nitrogens is 2. The Morgan fingerprint density at radius 1 is 1.06 bits per heavy atom. The topological polar surface area (TPSA) is 81.5 Å². The van der Waals surface area contributed by atoms with Crippen LogP contribution < -0.4 is 4.74 Å². The zero-order chi connectivity index (χ0) is 23.8. The fourth-order valence-electron chi connectivity index (χ4n) is 4.01. The van der Waals surface area contributed by atoms with Gasteiger partial charge in [0.1, 0.15) is 11.8 Å². The molecule has 1 aliphatic heterocycles. The molecule has 1 aliphatic rings. The van der Waals surface area contributed by atoms with Gasteiger partial charge >= 0.3 is 0 Å². The lowest BCUT2D eigenvalue weighted by atomic mass is 10.2. The van der Waals surface area contributed by atoms with Crippen molar-refractivity contribution in [2.75, 3.05) is 13.7 Å². The Balaban J connectivity index is 1.61. The zero-order valence-electron chi connectivity index (χ0n) is 19.1. The molecule has 0 aliphatic carbocycles. The Kier molecular flexibility index (Phi) is 6.65. The third-order valence-corrected chi connectivity index (χ3v) is 9.05. The van der Waals surface area contributed by atoms with Gasteiger partial charge in [0.2, 0.25) is 10.0 Å². The van der Waals surface area contributed by atoms with Crippen molar-refractivity contribution in [3.8, 4) is 5.75 Å². The van der Waals surface area contributed by atoms with E-state index in [1.54, 1.807) is 23.9 Å². The Morgan fingerprint density at radius 3 is 2.36 bits per heavy atom. The number of rotatable bonds is 6. The minimum atomic E-state index is -3.82. The summed E-state index contributed by atoms with van der Waals surface area (Å²) in [5, 5.41) is 4.49. The van der Waals surface area contributed by atoms with E-state index in [9.17, 15) is 13.2 Å². The van der Waals surface area contributed by atoms with Crippen molar-refractivity contribution < 1.29 is 17.9 Å². The molecule has 1 aromatic heterocycles. The van der Waals surface area contributed by atoms with Gasteiger partial charge in [0, 0.05) is 11.4 Å². The summed E-state index contributed by atoms with van der Waals surface area (Å²) in [6.45, 7) is 6.06. The number of ether oxygens (including phenoxy) is 1. The van der Waals surface area contributed by atoms with E-state index in [-0.39, 0.29) is 10.8 Å². The van der Waals surface area contributed by atoms with E-state index in [1.165, 1.54) is 33.8 Å². The Hall–Kier alpha value is -2.62. The van der Waals surface area contributed by atoms with Crippen LogP contribution in [0.5, 0.6) is 5.75 Å². The van der Waals surface area contributed by atoms with E-state index in [0.29, 0.717) is 25.1 Å². The quantitative estimate of drug-likeness (QED) is 0.513. The van der Waals surface area contributed by atoms with Gasteiger partial charge in [-0.15, -0.1) is 0 Å². The number of hydrogen-bond donors (Lipinski definition) is 0. The molecular formula is C24H27N3O4S2. The second kappa shape index (κ2) is 9.32. The van der Waals surface area contributed by atoms with Gasteiger partial charge < -0.3 is 4.74 Å². The monoisotopic (exact) mass is 485 g/mol. The highest BCUT2D eigenvalue weighted by Gasteiger charge is 2.41. The maximum atomic E-state index is 13.5. The molecule has 0 saturated carbocycles.